The van der Waals surface area contributed by atoms with Gasteiger partial charge in [0.15, 0.2) is 0 Å². The highest BCUT2D eigenvalue weighted by Crippen LogP contribution is 2.46. The summed E-state index contributed by atoms with van der Waals surface area (Å²) in [6.07, 6.45) is 5.69. The molecule has 4 heterocycles. The first kappa shape index (κ1) is 15.6. The molecule has 0 unspecified atom stereocenters. The Morgan fingerprint density at radius 2 is 2.19 bits per heavy atom. The highest BCUT2D eigenvalue weighted by molar-refractivity contribution is 5.90. The monoisotopic (exact) mass is 350 g/mol. The van der Waals surface area contributed by atoms with Crippen molar-refractivity contribution in [1.82, 2.24) is 9.88 Å². The molecule has 0 fully saturated rings. The summed E-state index contributed by atoms with van der Waals surface area (Å²) >= 11 is 0. The van der Waals surface area contributed by atoms with Crippen LogP contribution in [0.15, 0.2) is 47.9 Å². The van der Waals surface area contributed by atoms with Gasteiger partial charge in [0, 0.05) is 35.3 Å². The molecule has 1 aromatic heterocycles. The van der Waals surface area contributed by atoms with Crippen molar-refractivity contribution >= 4 is 16.9 Å². The fraction of sp³-hybridized carbons (Fsp3) is 0.381. The highest BCUT2D eigenvalue weighted by Gasteiger charge is 2.42. The molecule has 0 spiro atoms. The quantitative estimate of drug-likeness (QED) is 0.801. The minimum atomic E-state index is -0.297. The molecule has 1 N–H and O–H groups in total. The van der Waals surface area contributed by atoms with Gasteiger partial charge in [-0.2, -0.15) is 0 Å². The van der Waals surface area contributed by atoms with Crippen LogP contribution < -0.4 is 0 Å². The number of benzene rings is 1. The summed E-state index contributed by atoms with van der Waals surface area (Å²) in [5, 5.41) is 1.32. The Morgan fingerprint density at radius 3 is 3.04 bits per heavy atom. The first-order valence-corrected chi connectivity index (χ1v) is 9.18. The largest absolute Gasteiger partial charge is 0.493 e. The van der Waals surface area contributed by atoms with Crippen LogP contribution in [0.1, 0.15) is 30.6 Å². The lowest BCUT2D eigenvalue weighted by Crippen LogP contribution is -2.41. The number of hydrogen-bond acceptors (Lipinski definition) is 4. The summed E-state index contributed by atoms with van der Waals surface area (Å²) < 4.78 is 10.7. The maximum atomic E-state index is 12.3. The summed E-state index contributed by atoms with van der Waals surface area (Å²) in [7, 11) is 1.43. The number of methoxy groups -OCH3 is 1. The SMILES string of the molecule is COC(=O)C1=CO[C@H](C)C2=CN3CCc4c([nH]c5ccccc45)[C@@H]3C[C@H]12. The Balaban J connectivity index is 1.60. The molecule has 5 nitrogen and oxygen atoms in total. The van der Waals surface area contributed by atoms with E-state index < -0.39 is 0 Å². The third-order valence-electron chi connectivity index (χ3n) is 6.04. The summed E-state index contributed by atoms with van der Waals surface area (Å²) in [4.78, 5) is 18.3. The first-order valence-electron chi connectivity index (χ1n) is 9.18. The van der Waals surface area contributed by atoms with E-state index in [0.717, 1.165) is 19.4 Å². The Kier molecular flexibility index (Phi) is 3.39. The van der Waals surface area contributed by atoms with Crippen molar-refractivity contribution in [3.8, 4) is 0 Å². The molecule has 0 radical (unpaired) electrons. The normalized spacial score (nSPS) is 26.8. The molecule has 3 atom stereocenters. The smallest absolute Gasteiger partial charge is 0.337 e. The molecule has 134 valence electrons. The second kappa shape index (κ2) is 5.66. The number of ether oxygens (including phenoxy) is 2. The Bertz CT molecular complexity index is 955. The number of H-pyrrole nitrogens is 1. The molecule has 5 heteroatoms. The molecule has 0 saturated heterocycles. The average Bonchev–Trinajstić information content (AvgIpc) is 3.06. The van der Waals surface area contributed by atoms with Crippen LogP contribution in [0.25, 0.3) is 10.9 Å². The lowest BCUT2D eigenvalue weighted by atomic mass is 9.77. The molecule has 2 aromatic rings. The van der Waals surface area contributed by atoms with E-state index in [4.69, 9.17) is 9.47 Å². The zero-order chi connectivity index (χ0) is 17.8. The van der Waals surface area contributed by atoms with Crippen molar-refractivity contribution in [2.45, 2.75) is 31.9 Å². The topological polar surface area (TPSA) is 54.6 Å². The van der Waals surface area contributed by atoms with Crippen LogP contribution in [0.4, 0.5) is 0 Å². The van der Waals surface area contributed by atoms with Crippen molar-refractivity contribution in [3.05, 3.63) is 59.1 Å². The van der Waals surface area contributed by atoms with Crippen molar-refractivity contribution in [3.63, 3.8) is 0 Å². The number of rotatable bonds is 1. The minimum Gasteiger partial charge on any atom is -0.493 e. The Labute approximate surface area is 152 Å². The van der Waals surface area contributed by atoms with Crippen molar-refractivity contribution in [1.29, 1.82) is 0 Å². The van der Waals surface area contributed by atoms with Gasteiger partial charge in [-0.3, -0.25) is 0 Å². The van der Waals surface area contributed by atoms with Crippen LogP contribution in [-0.4, -0.2) is 35.6 Å². The number of nitrogens with zero attached hydrogens (tertiary/aromatic N) is 1. The van der Waals surface area contributed by atoms with Gasteiger partial charge in [0.05, 0.1) is 25.0 Å². The van der Waals surface area contributed by atoms with E-state index in [1.165, 1.54) is 34.8 Å². The van der Waals surface area contributed by atoms with Crippen molar-refractivity contribution in [2.24, 2.45) is 5.92 Å². The Hall–Kier alpha value is -2.69. The lowest BCUT2D eigenvalue weighted by Gasteiger charge is -2.44. The van der Waals surface area contributed by atoms with E-state index in [0.29, 0.717) is 5.57 Å². The molecule has 0 aliphatic carbocycles. The van der Waals surface area contributed by atoms with E-state index in [1.807, 2.05) is 6.92 Å². The Morgan fingerprint density at radius 1 is 1.35 bits per heavy atom. The lowest BCUT2D eigenvalue weighted by molar-refractivity contribution is -0.137. The standard InChI is InChI=1S/C21H22N2O3/c1-12-16-10-23-8-7-14-13-5-3-4-6-18(13)22-20(14)19(23)9-15(16)17(11-26-12)21(24)25-2/h3-6,10-12,15,19,22H,7-9H2,1-2H3/t12-,15+,19+/m1/s1. The number of esters is 1. The number of carbonyl (C=O) groups is 1. The molecule has 3 aliphatic heterocycles. The fourth-order valence-electron chi connectivity index (χ4n) is 4.72. The molecule has 0 saturated carbocycles. The molecule has 0 bridgehead atoms. The van der Waals surface area contributed by atoms with Crippen molar-refractivity contribution in [2.75, 3.05) is 13.7 Å². The van der Waals surface area contributed by atoms with E-state index in [-0.39, 0.29) is 24.0 Å². The number of aromatic amines is 1. The molecule has 5 rings (SSSR count). The van der Waals surface area contributed by atoms with Gasteiger partial charge in [-0.25, -0.2) is 4.79 Å². The van der Waals surface area contributed by atoms with Crippen LogP contribution in [0.3, 0.4) is 0 Å². The van der Waals surface area contributed by atoms with Crippen LogP contribution >= 0.6 is 0 Å². The van der Waals surface area contributed by atoms with E-state index in [2.05, 4.69) is 40.3 Å². The summed E-state index contributed by atoms with van der Waals surface area (Å²) in [6.45, 7) is 3.03. The predicted octanol–water partition coefficient (Wildman–Crippen LogP) is 3.45. The predicted molar refractivity (Wildman–Crippen MR) is 98.3 cm³/mol. The van der Waals surface area contributed by atoms with Crippen LogP contribution in [0, 0.1) is 5.92 Å². The number of aromatic nitrogens is 1. The van der Waals surface area contributed by atoms with Crippen LogP contribution in [-0.2, 0) is 20.7 Å². The number of fused-ring (bicyclic) bond motifs is 6. The van der Waals surface area contributed by atoms with Gasteiger partial charge in [-0.1, -0.05) is 18.2 Å². The van der Waals surface area contributed by atoms with Crippen LogP contribution in [0.2, 0.25) is 0 Å². The second-order valence-corrected chi connectivity index (χ2v) is 7.33. The fourth-order valence-corrected chi connectivity index (χ4v) is 4.72. The number of para-hydroxylation sites is 1. The zero-order valence-electron chi connectivity index (χ0n) is 15.0. The molecule has 0 amide bonds. The summed E-state index contributed by atoms with van der Waals surface area (Å²) in [5.74, 6) is -0.251. The number of nitrogens with one attached hydrogen (secondary N) is 1. The van der Waals surface area contributed by atoms with Gasteiger partial charge in [0.1, 0.15) is 6.10 Å². The first-order chi connectivity index (χ1) is 12.7. The third kappa shape index (κ3) is 2.13. The molecular weight excluding hydrogens is 328 g/mol. The highest BCUT2D eigenvalue weighted by atomic mass is 16.5. The van der Waals surface area contributed by atoms with Gasteiger partial charge in [-0.05, 0) is 37.0 Å². The molecule has 3 aliphatic rings. The number of hydrogen-bond donors (Lipinski definition) is 1. The zero-order valence-corrected chi connectivity index (χ0v) is 15.0. The van der Waals surface area contributed by atoms with Crippen molar-refractivity contribution < 1.29 is 14.3 Å². The average molecular weight is 350 g/mol. The second-order valence-electron chi connectivity index (χ2n) is 7.33. The molecule has 26 heavy (non-hydrogen) atoms. The molecule has 1 aromatic carbocycles. The van der Waals surface area contributed by atoms with Gasteiger partial charge < -0.3 is 19.4 Å². The van der Waals surface area contributed by atoms with E-state index >= 15 is 0 Å². The van der Waals surface area contributed by atoms with E-state index in [9.17, 15) is 4.79 Å². The van der Waals surface area contributed by atoms with Crippen LogP contribution in [0.5, 0.6) is 0 Å². The summed E-state index contributed by atoms with van der Waals surface area (Å²) in [6, 6.07) is 8.75. The summed E-state index contributed by atoms with van der Waals surface area (Å²) in [5.41, 5.74) is 5.69. The van der Waals surface area contributed by atoms with Gasteiger partial charge >= 0.3 is 5.97 Å². The van der Waals surface area contributed by atoms with Gasteiger partial charge in [0.2, 0.25) is 0 Å². The van der Waals surface area contributed by atoms with E-state index in [1.54, 1.807) is 6.26 Å². The minimum absolute atomic E-state index is 0.0153. The maximum absolute atomic E-state index is 12.3. The maximum Gasteiger partial charge on any atom is 0.337 e. The van der Waals surface area contributed by atoms with Gasteiger partial charge in [-0.15, -0.1) is 0 Å². The number of carbonyl (C=O) groups excluding carboxylic acids is 1. The van der Waals surface area contributed by atoms with Gasteiger partial charge in [0.25, 0.3) is 0 Å². The third-order valence-corrected chi connectivity index (χ3v) is 6.04. The molecular formula is C21H22N2O3.